The molecule has 2 aromatic rings. The van der Waals surface area contributed by atoms with Gasteiger partial charge >= 0.3 is 0 Å². The van der Waals surface area contributed by atoms with E-state index < -0.39 is 0 Å². The van der Waals surface area contributed by atoms with Crippen LogP contribution in [0.4, 0.5) is 5.69 Å². The quantitative estimate of drug-likeness (QED) is 0.850. The summed E-state index contributed by atoms with van der Waals surface area (Å²) < 4.78 is 0. The molecule has 0 spiro atoms. The van der Waals surface area contributed by atoms with Gasteiger partial charge in [-0.05, 0) is 62.5 Å². The zero-order valence-corrected chi connectivity index (χ0v) is 12.5. The summed E-state index contributed by atoms with van der Waals surface area (Å²) in [4.78, 5) is 6.95. The highest BCUT2D eigenvalue weighted by Crippen LogP contribution is 2.26. The minimum atomic E-state index is -0.189. The Kier molecular flexibility index (Phi) is 4.08. The molecular weight excluding hydrogens is 262 g/mol. The number of benzene rings is 1. The molecule has 1 aliphatic heterocycles. The van der Waals surface area contributed by atoms with Crippen LogP contribution in [-0.2, 0) is 6.54 Å². The monoisotopic (exact) mass is 285 g/mol. The maximum atomic E-state index is 9.68. The second-order valence-electron chi connectivity index (χ2n) is 6.07. The average Bonchev–Trinajstić information content (AvgIpc) is 2.51. The molecule has 0 saturated carbocycles. The fourth-order valence-electron chi connectivity index (χ4n) is 3.22. The zero-order chi connectivity index (χ0) is 14.8. The van der Waals surface area contributed by atoms with Gasteiger partial charge in [0.1, 0.15) is 0 Å². The van der Waals surface area contributed by atoms with Gasteiger partial charge < -0.3 is 10.8 Å². The Hall–Kier alpha value is -1.65. The Balaban J connectivity index is 1.76. The van der Waals surface area contributed by atoms with Crippen LogP contribution >= 0.6 is 0 Å². The third kappa shape index (κ3) is 3.01. The first kappa shape index (κ1) is 14.3. The van der Waals surface area contributed by atoms with Crippen LogP contribution in [0.15, 0.2) is 30.5 Å². The van der Waals surface area contributed by atoms with Gasteiger partial charge in [0.05, 0.1) is 11.6 Å². The zero-order valence-electron chi connectivity index (χ0n) is 12.5. The van der Waals surface area contributed by atoms with Gasteiger partial charge in [0.15, 0.2) is 0 Å². The standard InChI is InChI=1S/C17H23N3O/c1-12(21)13-6-9-20(10-7-13)11-14-4-5-16(18)15-3-2-8-19-17(14)15/h2-5,8,12-13,21H,6-7,9-11,18H2,1H3. The van der Waals surface area contributed by atoms with Gasteiger partial charge in [0.25, 0.3) is 0 Å². The Labute approximate surface area is 125 Å². The third-order valence-electron chi connectivity index (χ3n) is 4.60. The number of nitrogens with two attached hydrogens (primary N) is 1. The summed E-state index contributed by atoms with van der Waals surface area (Å²) in [6, 6.07) is 8.02. The van der Waals surface area contributed by atoms with Gasteiger partial charge in [0.2, 0.25) is 0 Å². The molecule has 0 radical (unpaired) electrons. The number of aliphatic hydroxyl groups is 1. The predicted octanol–water partition coefficient (Wildman–Crippen LogP) is 2.41. The van der Waals surface area contributed by atoms with Crippen LogP contribution in [0.1, 0.15) is 25.3 Å². The number of hydrogen-bond donors (Lipinski definition) is 2. The van der Waals surface area contributed by atoms with Crippen LogP contribution in [0.2, 0.25) is 0 Å². The Morgan fingerprint density at radius 1 is 1.33 bits per heavy atom. The lowest BCUT2D eigenvalue weighted by molar-refractivity contribution is 0.0696. The third-order valence-corrected chi connectivity index (χ3v) is 4.60. The number of nitrogens with zero attached hydrogens (tertiary/aromatic N) is 2. The van der Waals surface area contributed by atoms with Crippen molar-refractivity contribution in [3.63, 3.8) is 0 Å². The second-order valence-corrected chi connectivity index (χ2v) is 6.07. The van der Waals surface area contributed by atoms with E-state index in [2.05, 4.69) is 16.0 Å². The van der Waals surface area contributed by atoms with Gasteiger partial charge in [-0.15, -0.1) is 0 Å². The lowest BCUT2D eigenvalue weighted by atomic mass is 9.92. The van der Waals surface area contributed by atoms with Crippen molar-refractivity contribution >= 4 is 16.6 Å². The molecule has 3 N–H and O–H groups in total. The lowest BCUT2D eigenvalue weighted by Crippen LogP contribution is -2.36. The average molecular weight is 285 g/mol. The Morgan fingerprint density at radius 3 is 2.81 bits per heavy atom. The highest BCUT2D eigenvalue weighted by atomic mass is 16.3. The molecule has 3 rings (SSSR count). The number of piperidine rings is 1. The molecule has 112 valence electrons. The molecule has 1 aliphatic rings. The molecule has 1 atom stereocenters. The van der Waals surface area contributed by atoms with Crippen LogP contribution in [0, 0.1) is 5.92 Å². The molecule has 21 heavy (non-hydrogen) atoms. The smallest absolute Gasteiger partial charge is 0.0767 e. The predicted molar refractivity (Wildman–Crippen MR) is 85.8 cm³/mol. The minimum Gasteiger partial charge on any atom is -0.398 e. The number of rotatable bonds is 3. The van der Waals surface area contributed by atoms with Crippen LogP contribution < -0.4 is 5.73 Å². The number of aliphatic hydroxyl groups excluding tert-OH is 1. The molecular formula is C17H23N3O. The summed E-state index contributed by atoms with van der Waals surface area (Å²) in [6.07, 6.45) is 3.77. The SMILES string of the molecule is CC(O)C1CCN(Cc2ccc(N)c3cccnc23)CC1. The Morgan fingerprint density at radius 2 is 2.10 bits per heavy atom. The van der Waals surface area contributed by atoms with E-state index in [-0.39, 0.29) is 6.10 Å². The maximum Gasteiger partial charge on any atom is 0.0767 e. The number of likely N-dealkylation sites (tertiary alicyclic amines) is 1. The van der Waals surface area contributed by atoms with Crippen LogP contribution in [0.3, 0.4) is 0 Å². The molecule has 1 aromatic heterocycles. The fourth-order valence-corrected chi connectivity index (χ4v) is 3.22. The Bertz CT molecular complexity index is 618. The molecule has 1 aromatic carbocycles. The molecule has 1 saturated heterocycles. The van der Waals surface area contributed by atoms with E-state index in [1.54, 1.807) is 0 Å². The van der Waals surface area contributed by atoms with Crippen LogP contribution in [-0.4, -0.2) is 34.2 Å². The topological polar surface area (TPSA) is 62.4 Å². The summed E-state index contributed by atoms with van der Waals surface area (Å²) in [7, 11) is 0. The van der Waals surface area contributed by atoms with E-state index in [9.17, 15) is 5.11 Å². The van der Waals surface area contributed by atoms with Crippen LogP contribution in [0.5, 0.6) is 0 Å². The maximum absolute atomic E-state index is 9.68. The van der Waals surface area contributed by atoms with Crippen molar-refractivity contribution in [3.8, 4) is 0 Å². The molecule has 1 fully saturated rings. The normalized spacial score (nSPS) is 19.0. The first-order chi connectivity index (χ1) is 10.1. The number of hydrogen-bond acceptors (Lipinski definition) is 4. The number of anilines is 1. The minimum absolute atomic E-state index is 0.189. The molecule has 4 heteroatoms. The van der Waals surface area contributed by atoms with E-state index in [0.717, 1.165) is 49.1 Å². The van der Waals surface area contributed by atoms with Gasteiger partial charge in [0, 0.05) is 23.8 Å². The van der Waals surface area contributed by atoms with Crippen molar-refractivity contribution in [2.75, 3.05) is 18.8 Å². The molecule has 1 unspecified atom stereocenters. The number of pyridine rings is 1. The summed E-state index contributed by atoms with van der Waals surface area (Å²) in [5.41, 5.74) is 9.06. The van der Waals surface area contributed by atoms with E-state index >= 15 is 0 Å². The van der Waals surface area contributed by atoms with Gasteiger partial charge in [-0.3, -0.25) is 9.88 Å². The number of nitrogen functional groups attached to an aromatic ring is 1. The first-order valence-electron chi connectivity index (χ1n) is 7.67. The largest absolute Gasteiger partial charge is 0.398 e. The first-order valence-corrected chi connectivity index (χ1v) is 7.67. The van der Waals surface area contributed by atoms with Crippen molar-refractivity contribution in [1.29, 1.82) is 0 Å². The molecule has 4 nitrogen and oxygen atoms in total. The van der Waals surface area contributed by atoms with Crippen molar-refractivity contribution in [1.82, 2.24) is 9.88 Å². The molecule has 2 heterocycles. The van der Waals surface area contributed by atoms with Crippen LogP contribution in [0.25, 0.3) is 10.9 Å². The lowest BCUT2D eigenvalue weighted by Gasteiger charge is -2.33. The summed E-state index contributed by atoms with van der Waals surface area (Å²) in [5, 5.41) is 10.7. The van der Waals surface area contributed by atoms with Crippen molar-refractivity contribution < 1.29 is 5.11 Å². The van der Waals surface area contributed by atoms with E-state index in [1.165, 1.54) is 5.56 Å². The van der Waals surface area contributed by atoms with Crippen molar-refractivity contribution in [2.45, 2.75) is 32.4 Å². The van der Waals surface area contributed by atoms with Gasteiger partial charge in [-0.1, -0.05) is 6.07 Å². The summed E-state index contributed by atoms with van der Waals surface area (Å²) in [5.74, 6) is 0.447. The van der Waals surface area contributed by atoms with E-state index in [4.69, 9.17) is 5.73 Å². The van der Waals surface area contributed by atoms with E-state index in [0.29, 0.717) is 5.92 Å². The second kappa shape index (κ2) is 6.00. The van der Waals surface area contributed by atoms with E-state index in [1.807, 2.05) is 31.3 Å². The fraction of sp³-hybridized carbons (Fsp3) is 0.471. The summed E-state index contributed by atoms with van der Waals surface area (Å²) >= 11 is 0. The molecule has 0 aliphatic carbocycles. The summed E-state index contributed by atoms with van der Waals surface area (Å²) in [6.45, 7) is 4.88. The highest BCUT2D eigenvalue weighted by Gasteiger charge is 2.23. The van der Waals surface area contributed by atoms with Gasteiger partial charge in [-0.25, -0.2) is 0 Å². The highest BCUT2D eigenvalue weighted by molar-refractivity contribution is 5.92. The van der Waals surface area contributed by atoms with Crippen molar-refractivity contribution in [3.05, 3.63) is 36.0 Å². The van der Waals surface area contributed by atoms with Gasteiger partial charge in [-0.2, -0.15) is 0 Å². The molecule has 0 amide bonds. The van der Waals surface area contributed by atoms with Crippen molar-refractivity contribution in [2.24, 2.45) is 5.92 Å². The number of fused-ring (bicyclic) bond motifs is 1. The molecule has 0 bridgehead atoms. The number of aromatic nitrogens is 1.